The Morgan fingerprint density at radius 1 is 1.16 bits per heavy atom. The van der Waals surface area contributed by atoms with E-state index >= 15 is 0 Å². The van der Waals surface area contributed by atoms with E-state index in [1.165, 1.54) is 23.3 Å². The summed E-state index contributed by atoms with van der Waals surface area (Å²) >= 11 is 0. The fourth-order valence-corrected chi connectivity index (χ4v) is 4.21. The lowest BCUT2D eigenvalue weighted by molar-refractivity contribution is -0.131. The molecule has 0 fully saturated rings. The van der Waals surface area contributed by atoms with Crippen molar-refractivity contribution in [3.05, 3.63) is 59.1 Å². The number of hydrogen-bond acceptors (Lipinski definition) is 7. The van der Waals surface area contributed by atoms with Gasteiger partial charge in [-0.15, -0.1) is 0 Å². The van der Waals surface area contributed by atoms with Gasteiger partial charge in [-0.3, -0.25) is 19.4 Å². The average molecular weight is 459 g/mol. The lowest BCUT2D eigenvalue weighted by Gasteiger charge is -2.25. The van der Waals surface area contributed by atoms with Gasteiger partial charge in [-0.05, 0) is 48.7 Å². The Hall–Kier alpha value is -3.24. The van der Waals surface area contributed by atoms with E-state index in [0.717, 1.165) is 23.1 Å². The van der Waals surface area contributed by atoms with Crippen LogP contribution in [0.4, 0.5) is 5.69 Å². The number of aryl methyl sites for hydroxylation is 1. The maximum Gasteiger partial charge on any atom is 0.264 e. The van der Waals surface area contributed by atoms with Crippen molar-refractivity contribution in [2.45, 2.75) is 24.6 Å². The monoisotopic (exact) mass is 458 g/mol. The molecule has 32 heavy (non-hydrogen) atoms. The molecule has 0 saturated carbocycles. The number of carbonyl (C=O) groups excluding carboxylic acids is 1. The first kappa shape index (κ1) is 23.4. The van der Waals surface area contributed by atoms with E-state index in [2.05, 4.69) is 4.98 Å². The normalized spacial score (nSPS) is 13.5. The molecule has 0 aliphatic heterocycles. The SMILES string of the molecule is CN(C)c1ccc(-c2ccc3c(=O)n(CC[C@](C)(C(=O)NO)S(C)(=O)=O)cnc3c2)cc1. The lowest BCUT2D eigenvalue weighted by atomic mass is 10.0. The van der Waals surface area contributed by atoms with Crippen LogP contribution in [0.2, 0.25) is 0 Å². The molecule has 1 aromatic heterocycles. The molecule has 3 aromatic rings. The number of aromatic nitrogens is 2. The maximum atomic E-state index is 12.9. The first-order valence-corrected chi connectivity index (χ1v) is 11.8. The fourth-order valence-electron chi connectivity index (χ4n) is 3.37. The Morgan fingerprint density at radius 2 is 1.78 bits per heavy atom. The van der Waals surface area contributed by atoms with Crippen LogP contribution < -0.4 is 15.9 Å². The highest BCUT2D eigenvalue weighted by molar-refractivity contribution is 7.92. The molecular formula is C22H26N4O5S. The molecule has 0 saturated heterocycles. The van der Waals surface area contributed by atoms with Gasteiger partial charge in [0.1, 0.15) is 0 Å². The van der Waals surface area contributed by atoms with Gasteiger partial charge >= 0.3 is 0 Å². The molecule has 0 bridgehead atoms. The van der Waals surface area contributed by atoms with Crippen LogP contribution in [-0.4, -0.2) is 54.2 Å². The van der Waals surface area contributed by atoms with Crippen molar-refractivity contribution in [1.29, 1.82) is 0 Å². The van der Waals surface area contributed by atoms with Crippen LogP contribution in [-0.2, 0) is 21.2 Å². The van der Waals surface area contributed by atoms with Crippen molar-refractivity contribution >= 4 is 32.3 Å². The van der Waals surface area contributed by atoms with Crippen LogP contribution in [0.3, 0.4) is 0 Å². The second-order valence-corrected chi connectivity index (χ2v) is 10.6. The Balaban J connectivity index is 1.92. The number of hydroxylamine groups is 1. The van der Waals surface area contributed by atoms with Crippen LogP contribution in [0.1, 0.15) is 13.3 Å². The number of rotatable bonds is 7. The first-order valence-electron chi connectivity index (χ1n) is 9.89. The maximum absolute atomic E-state index is 12.9. The summed E-state index contributed by atoms with van der Waals surface area (Å²) in [7, 11) is 0.0770. The summed E-state index contributed by atoms with van der Waals surface area (Å²) in [6.45, 7) is 1.15. The zero-order chi connectivity index (χ0) is 23.7. The minimum atomic E-state index is -3.86. The van der Waals surface area contributed by atoms with E-state index in [9.17, 15) is 18.0 Å². The van der Waals surface area contributed by atoms with Crippen molar-refractivity contribution in [2.75, 3.05) is 25.3 Å². The van der Waals surface area contributed by atoms with Gasteiger partial charge in [-0.25, -0.2) is 18.9 Å². The molecule has 0 unspecified atom stereocenters. The summed E-state index contributed by atoms with van der Waals surface area (Å²) < 4.78 is 23.6. The van der Waals surface area contributed by atoms with Gasteiger partial charge in [0.2, 0.25) is 0 Å². The first-order chi connectivity index (χ1) is 15.0. The predicted octanol–water partition coefficient (Wildman–Crippen LogP) is 1.83. The minimum absolute atomic E-state index is 0.0630. The van der Waals surface area contributed by atoms with Gasteiger partial charge < -0.3 is 4.90 Å². The minimum Gasteiger partial charge on any atom is -0.378 e. The molecular weight excluding hydrogens is 432 g/mol. The van der Waals surface area contributed by atoms with Crippen molar-refractivity contribution in [3.63, 3.8) is 0 Å². The number of carbonyl (C=O) groups is 1. The Morgan fingerprint density at radius 3 is 2.34 bits per heavy atom. The van der Waals surface area contributed by atoms with E-state index in [0.29, 0.717) is 10.9 Å². The molecule has 2 aromatic carbocycles. The molecule has 1 amide bonds. The van der Waals surface area contributed by atoms with Crippen LogP contribution in [0, 0.1) is 0 Å². The molecule has 2 N–H and O–H groups in total. The lowest BCUT2D eigenvalue weighted by Crippen LogP contribution is -2.50. The van der Waals surface area contributed by atoms with E-state index < -0.39 is 20.5 Å². The standard InChI is InChI=1S/C22H26N4O5S/c1-22(21(28)24-29,32(4,30)31)11-12-26-14-23-19-13-16(7-10-18(19)20(26)27)15-5-8-17(9-6-15)25(2)3/h5-10,13-14,29H,11-12H2,1-4H3,(H,24,28)/t22-/m1/s1. The molecule has 3 rings (SSSR count). The molecule has 0 radical (unpaired) electrons. The zero-order valence-electron chi connectivity index (χ0n) is 18.4. The van der Waals surface area contributed by atoms with Crippen LogP contribution in [0.25, 0.3) is 22.0 Å². The van der Waals surface area contributed by atoms with E-state index in [1.807, 2.05) is 55.4 Å². The van der Waals surface area contributed by atoms with Gasteiger partial charge in [0.15, 0.2) is 14.6 Å². The number of benzene rings is 2. The zero-order valence-corrected chi connectivity index (χ0v) is 19.2. The van der Waals surface area contributed by atoms with Crippen molar-refractivity contribution in [2.24, 2.45) is 0 Å². The van der Waals surface area contributed by atoms with Gasteiger partial charge in [0.05, 0.1) is 17.2 Å². The average Bonchev–Trinajstić information content (AvgIpc) is 2.76. The quantitative estimate of drug-likeness (QED) is 0.409. The number of hydrogen-bond donors (Lipinski definition) is 2. The van der Waals surface area contributed by atoms with Crippen LogP contribution in [0.5, 0.6) is 0 Å². The van der Waals surface area contributed by atoms with Gasteiger partial charge in [0.25, 0.3) is 11.5 Å². The highest BCUT2D eigenvalue weighted by atomic mass is 32.2. The number of amides is 1. The van der Waals surface area contributed by atoms with E-state index in [4.69, 9.17) is 5.21 Å². The predicted molar refractivity (Wildman–Crippen MR) is 124 cm³/mol. The van der Waals surface area contributed by atoms with Gasteiger partial charge in [-0.2, -0.15) is 0 Å². The Kier molecular flexibility index (Phi) is 6.38. The largest absolute Gasteiger partial charge is 0.378 e. The summed E-state index contributed by atoms with van der Waals surface area (Å²) in [6, 6.07) is 13.3. The second-order valence-electron chi connectivity index (χ2n) is 8.11. The fraction of sp³-hybridized carbons (Fsp3) is 0.318. The number of anilines is 1. The van der Waals surface area contributed by atoms with Crippen molar-refractivity contribution in [3.8, 4) is 11.1 Å². The third kappa shape index (κ3) is 4.37. The third-order valence-electron chi connectivity index (χ3n) is 5.77. The van der Waals surface area contributed by atoms with Gasteiger partial charge in [-0.1, -0.05) is 18.2 Å². The molecule has 1 heterocycles. The number of fused-ring (bicyclic) bond motifs is 1. The number of sulfone groups is 1. The molecule has 0 spiro atoms. The summed E-state index contributed by atoms with van der Waals surface area (Å²) in [5.41, 5.74) is 4.55. The molecule has 10 heteroatoms. The van der Waals surface area contributed by atoms with Crippen LogP contribution >= 0.6 is 0 Å². The summed E-state index contributed by atoms with van der Waals surface area (Å²) in [4.78, 5) is 31.3. The summed E-state index contributed by atoms with van der Waals surface area (Å²) in [5.74, 6) is -1.05. The highest BCUT2D eigenvalue weighted by Crippen LogP contribution is 2.25. The molecule has 170 valence electrons. The van der Waals surface area contributed by atoms with E-state index in [1.54, 1.807) is 6.07 Å². The molecule has 0 aliphatic rings. The molecule has 0 aliphatic carbocycles. The smallest absolute Gasteiger partial charge is 0.264 e. The summed E-state index contributed by atoms with van der Waals surface area (Å²) in [6.07, 6.45) is 2.04. The number of nitrogens with zero attached hydrogens (tertiary/aromatic N) is 3. The highest BCUT2D eigenvalue weighted by Gasteiger charge is 2.43. The Labute approximate surface area is 186 Å². The van der Waals surface area contributed by atoms with Crippen molar-refractivity contribution in [1.82, 2.24) is 15.0 Å². The Bertz CT molecular complexity index is 1320. The topological polar surface area (TPSA) is 122 Å². The van der Waals surface area contributed by atoms with Crippen LogP contribution in [0.15, 0.2) is 53.6 Å². The molecule has 1 atom stereocenters. The van der Waals surface area contributed by atoms with E-state index in [-0.39, 0.29) is 18.5 Å². The molecule has 9 nitrogen and oxygen atoms in total. The van der Waals surface area contributed by atoms with Gasteiger partial charge in [0, 0.05) is 32.6 Å². The second kappa shape index (κ2) is 8.71. The number of nitrogens with one attached hydrogen (secondary N) is 1. The van der Waals surface area contributed by atoms with Crippen molar-refractivity contribution < 1.29 is 18.4 Å². The third-order valence-corrected chi connectivity index (χ3v) is 7.80. The summed E-state index contributed by atoms with van der Waals surface area (Å²) in [5, 5.41) is 9.32.